The number of amides is 1. The SMILES string of the molecule is CCCOc1ccc(-c2ccc(OCCN3CCOCC3)c(C=C3SC(=S)N(CCCCc4nn[nH]n4)C3=O)c2)cc1Cl. The molecule has 2 aromatic carbocycles. The lowest BCUT2D eigenvalue weighted by Crippen LogP contribution is -2.38. The molecular weight excluding hydrogens is 608 g/mol. The molecule has 0 aliphatic carbocycles. The maximum absolute atomic E-state index is 13.4. The summed E-state index contributed by atoms with van der Waals surface area (Å²) in [5.41, 5.74) is 2.70. The highest BCUT2D eigenvalue weighted by molar-refractivity contribution is 8.26. The van der Waals surface area contributed by atoms with Gasteiger partial charge in [0.1, 0.15) is 22.4 Å². The van der Waals surface area contributed by atoms with Crippen LogP contribution in [0.5, 0.6) is 11.5 Å². The number of halogens is 1. The summed E-state index contributed by atoms with van der Waals surface area (Å²) in [6.45, 7) is 7.79. The van der Waals surface area contributed by atoms with E-state index in [2.05, 4.69) is 32.4 Å². The Labute approximate surface area is 266 Å². The Bertz CT molecular complexity index is 1430. The molecule has 43 heavy (non-hydrogen) atoms. The number of rotatable bonds is 14. The van der Waals surface area contributed by atoms with E-state index >= 15 is 0 Å². The zero-order valence-corrected chi connectivity index (χ0v) is 26.5. The fourth-order valence-electron chi connectivity index (χ4n) is 4.77. The van der Waals surface area contributed by atoms with Gasteiger partial charge in [0.15, 0.2) is 5.82 Å². The summed E-state index contributed by atoms with van der Waals surface area (Å²) in [6.07, 6.45) is 5.07. The van der Waals surface area contributed by atoms with E-state index in [1.807, 2.05) is 42.5 Å². The molecule has 2 aliphatic rings. The van der Waals surface area contributed by atoms with E-state index in [1.165, 1.54) is 11.8 Å². The maximum Gasteiger partial charge on any atom is 0.266 e. The normalized spacial score (nSPS) is 16.8. The minimum absolute atomic E-state index is 0.0975. The number of H-pyrrole nitrogens is 1. The van der Waals surface area contributed by atoms with Crippen molar-refractivity contribution >= 4 is 51.9 Å². The van der Waals surface area contributed by atoms with Crippen molar-refractivity contribution in [2.45, 2.75) is 32.6 Å². The van der Waals surface area contributed by atoms with Gasteiger partial charge < -0.3 is 14.2 Å². The summed E-state index contributed by atoms with van der Waals surface area (Å²) >= 11 is 13.4. The second-order valence-corrected chi connectivity index (χ2v) is 12.3. The third-order valence-corrected chi connectivity index (χ3v) is 8.76. The van der Waals surface area contributed by atoms with E-state index in [4.69, 9.17) is 38.0 Å². The minimum atomic E-state index is -0.0975. The van der Waals surface area contributed by atoms with Crippen molar-refractivity contribution in [1.82, 2.24) is 30.4 Å². The van der Waals surface area contributed by atoms with Gasteiger partial charge in [0.05, 0.1) is 29.7 Å². The quantitative estimate of drug-likeness (QED) is 0.142. The van der Waals surface area contributed by atoms with Crippen molar-refractivity contribution < 1.29 is 19.0 Å². The van der Waals surface area contributed by atoms with E-state index in [-0.39, 0.29) is 5.91 Å². The van der Waals surface area contributed by atoms with Crippen molar-refractivity contribution in [2.75, 3.05) is 52.6 Å². The molecule has 2 aliphatic heterocycles. The standard InChI is InChI=1S/C30H35ClN6O4S2/c1-2-14-40-26-9-7-22(19-24(26)31)21-6-8-25(41-17-13-36-11-15-39-16-12-36)23(18-21)20-27-29(38)37(30(42)43-27)10-4-3-5-28-32-34-35-33-28/h6-9,18-20H,2-5,10-17H2,1H3,(H,32,33,34,35). The van der Waals surface area contributed by atoms with Gasteiger partial charge in [-0.3, -0.25) is 14.6 Å². The number of carbonyl (C=O) groups is 1. The number of aromatic nitrogens is 4. The Balaban J connectivity index is 1.33. The largest absolute Gasteiger partial charge is 0.492 e. The molecule has 0 unspecified atom stereocenters. The van der Waals surface area contributed by atoms with Crippen molar-refractivity contribution in [2.24, 2.45) is 0 Å². The number of aryl methyl sites for hydroxylation is 1. The first-order valence-electron chi connectivity index (χ1n) is 14.5. The Morgan fingerprint density at radius 2 is 1.84 bits per heavy atom. The Hall–Kier alpha value is -3.03. The van der Waals surface area contributed by atoms with Crippen LogP contribution in [0.4, 0.5) is 0 Å². The van der Waals surface area contributed by atoms with Gasteiger partial charge in [-0.2, -0.15) is 5.21 Å². The lowest BCUT2D eigenvalue weighted by molar-refractivity contribution is -0.122. The number of thiocarbonyl (C=S) groups is 1. The molecule has 1 aromatic heterocycles. The topological polar surface area (TPSA) is 106 Å². The van der Waals surface area contributed by atoms with Crippen LogP contribution in [0.25, 0.3) is 17.2 Å². The zero-order chi connectivity index (χ0) is 30.0. The number of nitrogens with zero attached hydrogens (tertiary/aromatic N) is 5. The molecule has 13 heteroatoms. The molecule has 2 fully saturated rings. The molecule has 1 amide bonds. The molecule has 3 heterocycles. The Morgan fingerprint density at radius 3 is 2.58 bits per heavy atom. The van der Waals surface area contributed by atoms with Gasteiger partial charge in [0, 0.05) is 38.2 Å². The third kappa shape index (κ3) is 8.54. The Morgan fingerprint density at radius 1 is 1.07 bits per heavy atom. The molecule has 3 aromatic rings. The van der Waals surface area contributed by atoms with E-state index in [1.54, 1.807) is 4.90 Å². The van der Waals surface area contributed by atoms with Crippen LogP contribution in [-0.2, 0) is 16.0 Å². The second-order valence-electron chi connectivity index (χ2n) is 10.2. The van der Waals surface area contributed by atoms with E-state index in [0.717, 1.165) is 68.8 Å². The van der Waals surface area contributed by atoms with Crippen LogP contribution in [0.1, 0.15) is 37.6 Å². The van der Waals surface area contributed by atoms with Crippen molar-refractivity contribution in [3.63, 3.8) is 0 Å². The van der Waals surface area contributed by atoms with Gasteiger partial charge in [-0.05, 0) is 60.7 Å². The van der Waals surface area contributed by atoms with E-state index in [0.29, 0.717) is 57.8 Å². The van der Waals surface area contributed by atoms with Crippen LogP contribution >= 0.6 is 35.6 Å². The minimum Gasteiger partial charge on any atom is -0.492 e. The highest BCUT2D eigenvalue weighted by atomic mass is 35.5. The maximum atomic E-state index is 13.4. The van der Waals surface area contributed by atoms with Gasteiger partial charge in [-0.15, -0.1) is 10.2 Å². The molecule has 10 nitrogen and oxygen atoms in total. The number of hydrogen-bond donors (Lipinski definition) is 1. The molecule has 1 N–H and O–H groups in total. The first kappa shape index (κ1) is 31.4. The number of tetrazole rings is 1. The fourth-order valence-corrected chi connectivity index (χ4v) is 6.30. The molecule has 2 saturated heterocycles. The van der Waals surface area contributed by atoms with Crippen molar-refractivity contribution in [3.05, 3.63) is 57.7 Å². The van der Waals surface area contributed by atoms with Gasteiger partial charge in [0.25, 0.3) is 5.91 Å². The number of unbranched alkanes of at least 4 members (excludes halogenated alkanes) is 1. The number of morpholine rings is 1. The number of ether oxygens (including phenoxy) is 3. The molecule has 0 radical (unpaired) electrons. The smallest absolute Gasteiger partial charge is 0.266 e. The monoisotopic (exact) mass is 642 g/mol. The van der Waals surface area contributed by atoms with Crippen LogP contribution in [0, 0.1) is 0 Å². The van der Waals surface area contributed by atoms with Gasteiger partial charge in [0.2, 0.25) is 0 Å². The molecule has 0 atom stereocenters. The summed E-state index contributed by atoms with van der Waals surface area (Å²) in [5, 5.41) is 14.6. The first-order chi connectivity index (χ1) is 21.0. The number of benzene rings is 2. The van der Waals surface area contributed by atoms with Crippen LogP contribution in [-0.4, -0.2) is 93.3 Å². The summed E-state index contributed by atoms with van der Waals surface area (Å²) in [6, 6.07) is 11.8. The van der Waals surface area contributed by atoms with Crippen LogP contribution in [0.2, 0.25) is 5.02 Å². The number of carbonyl (C=O) groups excluding carboxylic acids is 1. The molecule has 0 spiro atoms. The third-order valence-electron chi connectivity index (χ3n) is 7.09. The van der Waals surface area contributed by atoms with Crippen LogP contribution in [0.15, 0.2) is 41.3 Å². The molecule has 228 valence electrons. The van der Waals surface area contributed by atoms with Crippen LogP contribution < -0.4 is 9.47 Å². The average molecular weight is 643 g/mol. The van der Waals surface area contributed by atoms with E-state index in [9.17, 15) is 4.79 Å². The highest BCUT2D eigenvalue weighted by Gasteiger charge is 2.32. The summed E-state index contributed by atoms with van der Waals surface area (Å²) in [7, 11) is 0. The first-order valence-corrected chi connectivity index (χ1v) is 16.1. The predicted molar refractivity (Wildman–Crippen MR) is 172 cm³/mol. The number of nitrogens with one attached hydrogen (secondary N) is 1. The summed E-state index contributed by atoms with van der Waals surface area (Å²) in [5.74, 6) is 1.93. The zero-order valence-electron chi connectivity index (χ0n) is 24.1. The molecule has 0 bridgehead atoms. The predicted octanol–water partition coefficient (Wildman–Crippen LogP) is 5.24. The molecule has 0 saturated carbocycles. The van der Waals surface area contributed by atoms with Gasteiger partial charge in [-0.1, -0.05) is 59.9 Å². The number of thioether (sulfide) groups is 1. The highest BCUT2D eigenvalue weighted by Crippen LogP contribution is 2.37. The van der Waals surface area contributed by atoms with Gasteiger partial charge in [-0.25, -0.2) is 0 Å². The number of aromatic amines is 1. The summed E-state index contributed by atoms with van der Waals surface area (Å²) in [4.78, 5) is 18.0. The molecular formula is C30H35ClN6O4S2. The fraction of sp³-hybridized carbons (Fsp3) is 0.433. The van der Waals surface area contributed by atoms with Crippen molar-refractivity contribution in [3.8, 4) is 22.6 Å². The lowest BCUT2D eigenvalue weighted by Gasteiger charge is -2.26. The van der Waals surface area contributed by atoms with Crippen molar-refractivity contribution in [1.29, 1.82) is 0 Å². The number of hydrogen-bond acceptors (Lipinski definition) is 10. The Kier molecular flexibility index (Phi) is 11.4. The van der Waals surface area contributed by atoms with E-state index < -0.39 is 0 Å². The van der Waals surface area contributed by atoms with Crippen LogP contribution in [0.3, 0.4) is 0 Å². The molecule has 5 rings (SSSR count). The average Bonchev–Trinajstić information content (AvgIpc) is 3.63. The summed E-state index contributed by atoms with van der Waals surface area (Å²) < 4.78 is 18.0. The second kappa shape index (κ2) is 15.6. The lowest BCUT2D eigenvalue weighted by atomic mass is 10.0. The van der Waals surface area contributed by atoms with Gasteiger partial charge >= 0.3 is 0 Å².